The number of ether oxygens (including phenoxy) is 1. The number of nitrogens with zero attached hydrogens (tertiary/aromatic N) is 3. The van der Waals surface area contributed by atoms with Crippen LogP contribution >= 0.6 is 0 Å². The zero-order valence-corrected chi connectivity index (χ0v) is 19.0. The Balaban J connectivity index is 2.13. The number of pyridine rings is 1. The Morgan fingerprint density at radius 3 is 2.71 bits per heavy atom. The zero-order valence-electron chi connectivity index (χ0n) is 18.2. The van der Waals surface area contributed by atoms with Crippen molar-refractivity contribution < 1.29 is 23.1 Å². The van der Waals surface area contributed by atoms with Crippen LogP contribution in [0.25, 0.3) is 11.1 Å². The standard InChI is InChI=1S/C22H29N3O5S/c1-15-12-25(16(2)14-26)31(28,29)22-8-7-18(19-6-5-9-23-11-19)10-20(22)30-21(15)13-24(4)17(3)27/h5-11,15-16,21,26H,12-14H2,1-4H3/t15-,16+,21+/m1/s1. The summed E-state index contributed by atoms with van der Waals surface area (Å²) >= 11 is 0. The first-order valence-corrected chi connectivity index (χ1v) is 11.6. The molecule has 1 N–H and O–H groups in total. The Hall–Kier alpha value is -2.49. The largest absolute Gasteiger partial charge is 0.487 e. The summed E-state index contributed by atoms with van der Waals surface area (Å²) in [5, 5.41) is 9.70. The van der Waals surface area contributed by atoms with E-state index in [1.807, 2.05) is 13.0 Å². The summed E-state index contributed by atoms with van der Waals surface area (Å²) < 4.78 is 34.5. The lowest BCUT2D eigenvalue weighted by molar-refractivity contribution is -0.129. The average Bonchev–Trinajstić information content (AvgIpc) is 2.75. The minimum Gasteiger partial charge on any atom is -0.487 e. The van der Waals surface area contributed by atoms with Crippen LogP contribution in [0.15, 0.2) is 47.6 Å². The van der Waals surface area contributed by atoms with Gasteiger partial charge in [-0.05, 0) is 30.7 Å². The van der Waals surface area contributed by atoms with E-state index in [1.54, 1.807) is 49.5 Å². The molecule has 0 spiro atoms. The van der Waals surface area contributed by atoms with Gasteiger partial charge in [-0.15, -0.1) is 0 Å². The number of carbonyl (C=O) groups is 1. The van der Waals surface area contributed by atoms with Crippen LogP contribution in [-0.4, -0.2) is 72.5 Å². The molecule has 0 aliphatic carbocycles. The second-order valence-corrected chi connectivity index (χ2v) is 9.90. The average molecular weight is 448 g/mol. The van der Waals surface area contributed by atoms with Gasteiger partial charge in [-0.2, -0.15) is 4.31 Å². The van der Waals surface area contributed by atoms with Crippen LogP contribution in [0.1, 0.15) is 20.8 Å². The summed E-state index contributed by atoms with van der Waals surface area (Å²) in [4.78, 5) is 17.5. The molecule has 0 bridgehead atoms. The summed E-state index contributed by atoms with van der Waals surface area (Å²) in [7, 11) is -2.21. The van der Waals surface area contributed by atoms with Crippen molar-refractivity contribution in [2.75, 3.05) is 26.7 Å². The van der Waals surface area contributed by atoms with Crippen LogP contribution in [0.5, 0.6) is 5.75 Å². The Kier molecular flexibility index (Phi) is 6.98. The number of aliphatic hydroxyl groups is 1. The Labute approximate surface area is 183 Å². The predicted octanol–water partition coefficient (Wildman–Crippen LogP) is 2.00. The number of amides is 1. The molecule has 0 saturated heterocycles. The molecular weight excluding hydrogens is 418 g/mol. The number of likely N-dealkylation sites (N-methyl/N-ethyl adjacent to an activating group) is 1. The molecule has 1 aromatic carbocycles. The van der Waals surface area contributed by atoms with Crippen molar-refractivity contribution in [2.45, 2.75) is 37.8 Å². The third-order valence-electron chi connectivity index (χ3n) is 5.65. The van der Waals surface area contributed by atoms with Gasteiger partial charge in [0, 0.05) is 50.4 Å². The Morgan fingerprint density at radius 2 is 2.10 bits per heavy atom. The van der Waals surface area contributed by atoms with Crippen LogP contribution in [-0.2, 0) is 14.8 Å². The minimum absolute atomic E-state index is 0.0443. The molecule has 1 aliphatic heterocycles. The fourth-order valence-electron chi connectivity index (χ4n) is 3.56. The normalized spacial score (nSPS) is 21.8. The molecule has 3 rings (SSSR count). The monoisotopic (exact) mass is 447 g/mol. The summed E-state index contributed by atoms with van der Waals surface area (Å²) in [6.07, 6.45) is 2.94. The number of aliphatic hydroxyl groups excluding tert-OH is 1. The highest BCUT2D eigenvalue weighted by Crippen LogP contribution is 2.36. The molecule has 0 fully saturated rings. The number of sulfonamides is 1. The number of aromatic nitrogens is 1. The second kappa shape index (κ2) is 9.33. The fourth-order valence-corrected chi connectivity index (χ4v) is 5.38. The van der Waals surface area contributed by atoms with E-state index in [9.17, 15) is 18.3 Å². The predicted molar refractivity (Wildman–Crippen MR) is 117 cm³/mol. The van der Waals surface area contributed by atoms with Crippen molar-refractivity contribution in [3.05, 3.63) is 42.7 Å². The second-order valence-electron chi connectivity index (χ2n) is 8.04. The Bertz CT molecular complexity index is 1030. The van der Waals surface area contributed by atoms with Gasteiger partial charge in [0.15, 0.2) is 0 Å². The van der Waals surface area contributed by atoms with Gasteiger partial charge in [0.05, 0.1) is 13.2 Å². The van der Waals surface area contributed by atoms with E-state index in [2.05, 4.69) is 4.98 Å². The SMILES string of the molecule is CC(=O)N(C)C[C@@H]1Oc2cc(-c3cccnc3)ccc2S(=O)(=O)N([C@@H](C)CO)C[C@H]1C. The van der Waals surface area contributed by atoms with Gasteiger partial charge in [0.25, 0.3) is 0 Å². The van der Waals surface area contributed by atoms with Crippen molar-refractivity contribution in [2.24, 2.45) is 5.92 Å². The van der Waals surface area contributed by atoms with Gasteiger partial charge in [0.2, 0.25) is 15.9 Å². The van der Waals surface area contributed by atoms with Crippen molar-refractivity contribution in [3.63, 3.8) is 0 Å². The third kappa shape index (κ3) is 4.89. The van der Waals surface area contributed by atoms with Crippen LogP contribution in [0.4, 0.5) is 0 Å². The molecule has 1 aromatic heterocycles. The molecule has 0 unspecified atom stereocenters. The van der Waals surface area contributed by atoms with E-state index in [-0.39, 0.29) is 35.6 Å². The topological polar surface area (TPSA) is 100 Å². The first-order chi connectivity index (χ1) is 14.6. The molecule has 3 atom stereocenters. The lowest BCUT2D eigenvalue weighted by Crippen LogP contribution is -2.50. The number of hydrogen-bond acceptors (Lipinski definition) is 6. The van der Waals surface area contributed by atoms with Crippen molar-refractivity contribution in [1.82, 2.24) is 14.2 Å². The highest BCUT2D eigenvalue weighted by molar-refractivity contribution is 7.89. The molecule has 168 valence electrons. The van der Waals surface area contributed by atoms with Gasteiger partial charge < -0.3 is 14.7 Å². The molecule has 9 heteroatoms. The Morgan fingerprint density at radius 1 is 1.35 bits per heavy atom. The summed E-state index contributed by atoms with van der Waals surface area (Å²) in [5.41, 5.74) is 1.61. The highest BCUT2D eigenvalue weighted by atomic mass is 32.2. The van der Waals surface area contributed by atoms with Crippen LogP contribution < -0.4 is 4.74 Å². The lowest BCUT2D eigenvalue weighted by Gasteiger charge is -2.37. The zero-order chi connectivity index (χ0) is 22.8. The summed E-state index contributed by atoms with van der Waals surface area (Å²) in [6.45, 7) is 5.23. The number of fused-ring (bicyclic) bond motifs is 1. The van der Waals surface area contributed by atoms with Crippen molar-refractivity contribution >= 4 is 15.9 Å². The molecule has 0 radical (unpaired) electrons. The summed E-state index contributed by atoms with van der Waals surface area (Å²) in [5.74, 6) is -0.0961. The van der Waals surface area contributed by atoms with E-state index >= 15 is 0 Å². The van der Waals surface area contributed by atoms with Gasteiger partial charge in [0.1, 0.15) is 16.7 Å². The quantitative estimate of drug-likeness (QED) is 0.753. The molecule has 1 amide bonds. The minimum atomic E-state index is -3.90. The van der Waals surface area contributed by atoms with E-state index in [1.165, 1.54) is 17.3 Å². The van der Waals surface area contributed by atoms with E-state index in [0.29, 0.717) is 6.54 Å². The first-order valence-electron chi connectivity index (χ1n) is 10.2. The maximum absolute atomic E-state index is 13.5. The molecule has 31 heavy (non-hydrogen) atoms. The number of carbonyl (C=O) groups excluding carboxylic acids is 1. The van der Waals surface area contributed by atoms with Crippen LogP contribution in [0.3, 0.4) is 0 Å². The van der Waals surface area contributed by atoms with Gasteiger partial charge in [-0.25, -0.2) is 8.42 Å². The third-order valence-corrected chi connectivity index (χ3v) is 7.67. The molecular formula is C22H29N3O5S. The van der Waals surface area contributed by atoms with Crippen LogP contribution in [0.2, 0.25) is 0 Å². The van der Waals surface area contributed by atoms with Gasteiger partial charge >= 0.3 is 0 Å². The lowest BCUT2D eigenvalue weighted by atomic mass is 10.0. The van der Waals surface area contributed by atoms with Gasteiger partial charge in [-0.3, -0.25) is 9.78 Å². The molecule has 0 saturated carbocycles. The maximum Gasteiger partial charge on any atom is 0.247 e. The van der Waals surface area contributed by atoms with E-state index < -0.39 is 22.2 Å². The molecule has 2 heterocycles. The van der Waals surface area contributed by atoms with Gasteiger partial charge in [-0.1, -0.05) is 19.1 Å². The number of hydrogen-bond donors (Lipinski definition) is 1. The molecule has 8 nitrogen and oxygen atoms in total. The maximum atomic E-state index is 13.5. The van der Waals surface area contributed by atoms with E-state index in [0.717, 1.165) is 11.1 Å². The summed E-state index contributed by atoms with van der Waals surface area (Å²) in [6, 6.07) is 8.05. The van der Waals surface area contributed by atoms with Crippen molar-refractivity contribution in [3.8, 4) is 16.9 Å². The smallest absolute Gasteiger partial charge is 0.247 e. The number of benzene rings is 1. The number of rotatable bonds is 5. The van der Waals surface area contributed by atoms with Crippen LogP contribution in [0, 0.1) is 5.92 Å². The molecule has 1 aliphatic rings. The molecule has 2 aromatic rings. The first kappa shape index (κ1) is 23.2. The fraction of sp³-hybridized carbons (Fsp3) is 0.455. The highest BCUT2D eigenvalue weighted by Gasteiger charge is 2.38. The van der Waals surface area contributed by atoms with Crippen molar-refractivity contribution in [1.29, 1.82) is 0 Å². The van der Waals surface area contributed by atoms with E-state index in [4.69, 9.17) is 4.74 Å².